The fourth-order valence-electron chi connectivity index (χ4n) is 5.29. The molecule has 0 saturated heterocycles. The molecule has 2 aromatic carbocycles. The molecule has 0 spiro atoms. The number of nitrogens with one attached hydrogen (secondary N) is 2. The minimum atomic E-state index is 0.0812. The van der Waals surface area contributed by atoms with Crippen LogP contribution in [0.3, 0.4) is 0 Å². The number of methoxy groups -OCH3 is 1. The number of rotatable bonds is 12. The van der Waals surface area contributed by atoms with Crippen molar-refractivity contribution < 1.29 is 9.84 Å². The smallest absolute Gasteiger partial charge is 0.222 e. The van der Waals surface area contributed by atoms with Gasteiger partial charge in [-0.15, -0.1) is 0 Å². The molecule has 202 valence electrons. The first-order valence-electron chi connectivity index (χ1n) is 13.5. The number of fused-ring (bicyclic) bond motifs is 3. The van der Waals surface area contributed by atoms with Gasteiger partial charge in [-0.25, -0.2) is 4.98 Å². The largest absolute Gasteiger partial charge is 0.496 e. The van der Waals surface area contributed by atoms with Gasteiger partial charge in [0.1, 0.15) is 16.8 Å². The number of aliphatic hydroxyl groups is 1. The van der Waals surface area contributed by atoms with E-state index >= 15 is 0 Å². The molecule has 1 fully saturated rings. The van der Waals surface area contributed by atoms with Crippen molar-refractivity contribution in [3.05, 3.63) is 52.0 Å². The number of aliphatic hydroxyl groups excluding tert-OH is 1. The molecule has 2 aromatic heterocycles. The Balaban J connectivity index is 1.59. The number of nitrogens with zero attached hydrogens (tertiary/aromatic N) is 3. The summed E-state index contributed by atoms with van der Waals surface area (Å²) in [5.41, 5.74) is 11.2. The number of hydrogen-bond acceptors (Lipinski definition) is 7. The van der Waals surface area contributed by atoms with Gasteiger partial charge in [-0.05, 0) is 55.5 Å². The van der Waals surface area contributed by atoms with Crippen molar-refractivity contribution in [2.45, 2.75) is 70.6 Å². The van der Waals surface area contributed by atoms with E-state index < -0.39 is 0 Å². The van der Waals surface area contributed by atoms with Crippen molar-refractivity contribution in [3.8, 4) is 5.75 Å². The van der Waals surface area contributed by atoms with Gasteiger partial charge < -0.3 is 30.8 Å². The van der Waals surface area contributed by atoms with Crippen molar-refractivity contribution in [1.82, 2.24) is 19.9 Å². The molecule has 5 N–H and O–H groups in total. The minimum Gasteiger partial charge on any atom is -0.496 e. The average Bonchev–Trinajstić information content (AvgIpc) is 3.16. The second kappa shape index (κ2) is 11.9. The predicted octanol–water partition coefficient (Wildman–Crippen LogP) is 5.59. The van der Waals surface area contributed by atoms with Crippen LogP contribution >= 0.6 is 15.9 Å². The third-order valence-electron chi connectivity index (χ3n) is 7.51. The molecule has 8 nitrogen and oxygen atoms in total. The Morgan fingerprint density at radius 2 is 2.03 bits per heavy atom. The molecule has 9 heteroatoms. The van der Waals surface area contributed by atoms with Crippen LogP contribution in [0.1, 0.15) is 56.6 Å². The highest BCUT2D eigenvalue weighted by Gasteiger charge is 2.21. The second-order valence-corrected chi connectivity index (χ2v) is 11.1. The third kappa shape index (κ3) is 5.60. The van der Waals surface area contributed by atoms with Gasteiger partial charge in [0.25, 0.3) is 0 Å². The van der Waals surface area contributed by atoms with Crippen molar-refractivity contribution in [3.63, 3.8) is 0 Å². The van der Waals surface area contributed by atoms with Crippen molar-refractivity contribution in [2.75, 3.05) is 24.8 Å². The second-order valence-electron chi connectivity index (χ2n) is 10.2. The minimum absolute atomic E-state index is 0.0812. The highest BCUT2D eigenvalue weighted by atomic mass is 79.9. The Morgan fingerprint density at radius 1 is 1.18 bits per heavy atom. The summed E-state index contributed by atoms with van der Waals surface area (Å²) in [4.78, 5) is 9.31. The molecule has 1 atom stereocenters. The maximum absolute atomic E-state index is 9.64. The lowest BCUT2D eigenvalue weighted by Gasteiger charge is -2.26. The van der Waals surface area contributed by atoms with E-state index in [2.05, 4.69) is 78.4 Å². The Hall–Kier alpha value is -2.88. The van der Waals surface area contributed by atoms with Gasteiger partial charge in [0.05, 0.1) is 19.2 Å². The molecular formula is C29H37BrN6O2. The lowest BCUT2D eigenvalue weighted by atomic mass is 9.93. The number of nitrogens with two attached hydrogens (primary N) is 1. The number of halogens is 1. The highest BCUT2D eigenvalue weighted by molar-refractivity contribution is 9.10. The van der Waals surface area contributed by atoms with Crippen LogP contribution in [0, 0.1) is 0 Å². The van der Waals surface area contributed by atoms with E-state index in [-0.39, 0.29) is 18.6 Å². The number of benzene rings is 2. The van der Waals surface area contributed by atoms with Crippen LogP contribution in [-0.2, 0) is 13.1 Å². The topological polar surface area (TPSA) is 110 Å². The summed E-state index contributed by atoms with van der Waals surface area (Å²) in [6.45, 7) is 3.67. The molecular weight excluding hydrogens is 544 g/mol. The zero-order chi connectivity index (χ0) is 26.6. The van der Waals surface area contributed by atoms with Gasteiger partial charge in [-0.3, -0.25) is 0 Å². The zero-order valence-corrected chi connectivity index (χ0v) is 23.7. The normalized spacial score (nSPS) is 14.6. The number of hydrogen-bond donors (Lipinski definition) is 4. The van der Waals surface area contributed by atoms with Crippen molar-refractivity contribution in [2.24, 2.45) is 0 Å². The van der Waals surface area contributed by atoms with Crippen LogP contribution in [0.25, 0.3) is 21.9 Å². The van der Waals surface area contributed by atoms with Gasteiger partial charge in [0, 0.05) is 40.7 Å². The summed E-state index contributed by atoms with van der Waals surface area (Å²) >= 11 is 3.65. The fourth-order valence-corrected chi connectivity index (χ4v) is 5.64. The van der Waals surface area contributed by atoms with Gasteiger partial charge in [0.15, 0.2) is 5.82 Å². The summed E-state index contributed by atoms with van der Waals surface area (Å²) < 4.78 is 9.09. The molecule has 2 heterocycles. The average molecular weight is 582 g/mol. The maximum atomic E-state index is 9.64. The lowest BCUT2D eigenvalue weighted by molar-refractivity contribution is 0.276. The van der Waals surface area contributed by atoms with E-state index in [4.69, 9.17) is 10.5 Å². The zero-order valence-electron chi connectivity index (χ0n) is 22.1. The molecule has 0 radical (unpaired) electrons. The molecule has 4 aromatic rings. The van der Waals surface area contributed by atoms with Crippen LogP contribution in [0.15, 0.2) is 40.9 Å². The number of anilines is 2. The third-order valence-corrected chi connectivity index (χ3v) is 8.01. The highest BCUT2D eigenvalue weighted by Crippen LogP contribution is 2.36. The van der Waals surface area contributed by atoms with E-state index in [1.165, 1.54) is 24.8 Å². The number of nitrogen functional groups attached to an aromatic ring is 1. The SMILES string of the molecule is CCC[C@@H](CCO)Nc1nc(N)nc2c3ccc(Br)cc3n(Cc3ccc(CNC4CCC4)cc3OC)c12. The van der Waals surface area contributed by atoms with Crippen LogP contribution in [0.5, 0.6) is 5.75 Å². The van der Waals surface area contributed by atoms with Crippen molar-refractivity contribution >= 4 is 49.6 Å². The standard InChI is InChI=1S/C29H37BrN6O2/c1-3-5-22(12-13-37)33-28-27-26(34-29(31)35-28)23-11-10-20(30)15-24(23)36(27)17-19-9-8-18(14-25(19)38-2)16-32-21-6-4-7-21/h8-11,14-15,21-22,32,37H,3-7,12-13,16-17H2,1-2H3,(H3,31,33,34,35)/t22-/m0/s1. The fraction of sp³-hybridized carbons (Fsp3) is 0.448. The van der Waals surface area contributed by atoms with Crippen LogP contribution in [-0.4, -0.2) is 45.4 Å². The summed E-state index contributed by atoms with van der Waals surface area (Å²) in [5.74, 6) is 1.77. The van der Waals surface area contributed by atoms with Gasteiger partial charge in [-0.2, -0.15) is 4.98 Å². The quantitative estimate of drug-likeness (QED) is 0.173. The van der Waals surface area contributed by atoms with E-state index in [0.29, 0.717) is 24.8 Å². The first-order valence-corrected chi connectivity index (χ1v) is 14.3. The van der Waals surface area contributed by atoms with Gasteiger partial charge in [0.2, 0.25) is 5.95 Å². The van der Waals surface area contributed by atoms with E-state index in [1.54, 1.807) is 7.11 Å². The van der Waals surface area contributed by atoms with E-state index in [0.717, 1.165) is 57.1 Å². The van der Waals surface area contributed by atoms with Crippen molar-refractivity contribution in [1.29, 1.82) is 0 Å². The van der Waals surface area contributed by atoms with E-state index in [1.807, 2.05) is 6.07 Å². The summed E-state index contributed by atoms with van der Waals surface area (Å²) in [6, 6.07) is 13.4. The van der Waals surface area contributed by atoms with Crippen LogP contribution < -0.4 is 21.1 Å². The van der Waals surface area contributed by atoms with Crippen LogP contribution in [0.4, 0.5) is 11.8 Å². The van der Waals surface area contributed by atoms with Gasteiger partial charge >= 0.3 is 0 Å². The number of ether oxygens (including phenoxy) is 1. The first-order chi connectivity index (χ1) is 18.5. The summed E-state index contributed by atoms with van der Waals surface area (Å²) in [5, 5.41) is 17.9. The Kier molecular flexibility index (Phi) is 8.35. The summed E-state index contributed by atoms with van der Waals surface area (Å²) in [7, 11) is 1.73. The first kappa shape index (κ1) is 26.7. The molecule has 1 saturated carbocycles. The number of aromatic nitrogens is 3. The molecule has 0 amide bonds. The molecule has 38 heavy (non-hydrogen) atoms. The predicted molar refractivity (Wildman–Crippen MR) is 158 cm³/mol. The molecule has 1 aliphatic rings. The molecule has 1 aliphatic carbocycles. The monoisotopic (exact) mass is 580 g/mol. The Bertz CT molecular complexity index is 1410. The molecule has 0 unspecified atom stereocenters. The Labute approximate surface area is 232 Å². The van der Waals surface area contributed by atoms with E-state index in [9.17, 15) is 5.11 Å². The molecule has 0 bridgehead atoms. The molecule has 0 aliphatic heterocycles. The van der Waals surface area contributed by atoms with Crippen LogP contribution in [0.2, 0.25) is 0 Å². The summed E-state index contributed by atoms with van der Waals surface area (Å²) in [6.07, 6.45) is 6.39. The Morgan fingerprint density at radius 3 is 2.74 bits per heavy atom. The lowest BCUT2D eigenvalue weighted by Crippen LogP contribution is -2.34. The maximum Gasteiger partial charge on any atom is 0.222 e. The molecule has 5 rings (SSSR count). The van der Waals surface area contributed by atoms with Gasteiger partial charge in [-0.1, -0.05) is 47.8 Å².